The molecule has 1 heterocycles. The van der Waals surface area contributed by atoms with E-state index in [-0.39, 0.29) is 11.1 Å². The summed E-state index contributed by atoms with van der Waals surface area (Å²) in [6.07, 6.45) is 0.824. The molecule has 5 heteroatoms. The lowest BCUT2D eigenvalue weighted by Gasteiger charge is -2.08. The summed E-state index contributed by atoms with van der Waals surface area (Å²) >= 11 is 0. The van der Waals surface area contributed by atoms with Gasteiger partial charge in [-0.15, -0.1) is 0 Å². The second kappa shape index (κ2) is 7.43. The maximum Gasteiger partial charge on any atom is 0.266 e. The molecule has 1 aromatic carbocycles. The summed E-state index contributed by atoms with van der Waals surface area (Å²) in [6.45, 7) is 3.04. The van der Waals surface area contributed by atoms with Crippen LogP contribution in [0.3, 0.4) is 0 Å². The van der Waals surface area contributed by atoms with Gasteiger partial charge in [-0.25, -0.2) is 0 Å². The Labute approximate surface area is 129 Å². The van der Waals surface area contributed by atoms with Crippen molar-refractivity contribution in [2.45, 2.75) is 13.3 Å². The van der Waals surface area contributed by atoms with Crippen LogP contribution in [-0.2, 0) is 4.74 Å². The Morgan fingerprint density at radius 3 is 2.59 bits per heavy atom. The second-order valence-corrected chi connectivity index (χ2v) is 4.90. The highest BCUT2D eigenvalue weighted by Crippen LogP contribution is 2.24. The van der Waals surface area contributed by atoms with E-state index in [2.05, 4.69) is 4.98 Å². The van der Waals surface area contributed by atoms with Gasteiger partial charge < -0.3 is 14.5 Å². The summed E-state index contributed by atoms with van der Waals surface area (Å²) in [4.78, 5) is 14.5. The maximum absolute atomic E-state index is 11.8. The van der Waals surface area contributed by atoms with Gasteiger partial charge in [-0.1, -0.05) is 12.1 Å². The molecule has 0 saturated carbocycles. The number of H-pyrrole nitrogens is 1. The number of aromatic nitrogens is 1. The molecule has 0 radical (unpaired) electrons. The van der Waals surface area contributed by atoms with Crippen LogP contribution >= 0.6 is 0 Å². The number of nitriles is 1. The first kappa shape index (κ1) is 15.8. The minimum absolute atomic E-state index is 0.124. The average Bonchev–Trinajstić information content (AvgIpc) is 2.51. The number of hydrogen-bond donors (Lipinski definition) is 1. The summed E-state index contributed by atoms with van der Waals surface area (Å²) in [6, 6.07) is 11.1. The van der Waals surface area contributed by atoms with Crippen LogP contribution in [0.5, 0.6) is 5.75 Å². The zero-order chi connectivity index (χ0) is 15.9. The van der Waals surface area contributed by atoms with Gasteiger partial charge in [-0.2, -0.15) is 5.26 Å². The third kappa shape index (κ3) is 3.74. The van der Waals surface area contributed by atoms with Gasteiger partial charge in [0, 0.05) is 31.4 Å². The number of ether oxygens (including phenoxy) is 2. The van der Waals surface area contributed by atoms with Crippen molar-refractivity contribution in [2.24, 2.45) is 0 Å². The number of nitrogens with zero attached hydrogens (tertiary/aromatic N) is 1. The monoisotopic (exact) mass is 298 g/mol. The van der Waals surface area contributed by atoms with Crippen molar-refractivity contribution in [3.63, 3.8) is 0 Å². The molecule has 0 aliphatic carbocycles. The minimum atomic E-state index is -0.364. The van der Waals surface area contributed by atoms with Crippen molar-refractivity contribution in [1.82, 2.24) is 4.98 Å². The molecular formula is C17H18N2O3. The van der Waals surface area contributed by atoms with E-state index in [0.717, 1.165) is 23.4 Å². The standard InChI is InChI=1S/C17H18N2O3/c1-12-10-15(16(11-18)17(20)19-12)13-4-6-14(7-5-13)22-9-3-8-21-2/h4-7,10H,3,8-9H2,1-2H3,(H,19,20). The highest BCUT2D eigenvalue weighted by molar-refractivity contribution is 5.70. The molecule has 5 nitrogen and oxygen atoms in total. The first-order valence-electron chi connectivity index (χ1n) is 7.02. The van der Waals surface area contributed by atoms with Gasteiger partial charge in [0.1, 0.15) is 17.4 Å². The molecule has 1 aromatic heterocycles. The fourth-order valence-corrected chi connectivity index (χ4v) is 2.15. The van der Waals surface area contributed by atoms with Crippen molar-refractivity contribution < 1.29 is 9.47 Å². The lowest BCUT2D eigenvalue weighted by Crippen LogP contribution is -2.12. The van der Waals surface area contributed by atoms with E-state index < -0.39 is 0 Å². The van der Waals surface area contributed by atoms with Crippen LogP contribution < -0.4 is 10.3 Å². The van der Waals surface area contributed by atoms with E-state index in [4.69, 9.17) is 14.7 Å². The fourth-order valence-electron chi connectivity index (χ4n) is 2.15. The first-order valence-corrected chi connectivity index (χ1v) is 7.02. The number of benzene rings is 1. The summed E-state index contributed by atoms with van der Waals surface area (Å²) in [5, 5.41) is 9.17. The molecule has 0 atom stereocenters. The van der Waals surface area contributed by atoms with E-state index >= 15 is 0 Å². The number of pyridine rings is 1. The van der Waals surface area contributed by atoms with Crippen LogP contribution in [0, 0.1) is 18.3 Å². The largest absolute Gasteiger partial charge is 0.494 e. The zero-order valence-corrected chi connectivity index (χ0v) is 12.7. The van der Waals surface area contributed by atoms with Gasteiger partial charge >= 0.3 is 0 Å². The summed E-state index contributed by atoms with van der Waals surface area (Å²) in [5.74, 6) is 0.750. The number of nitrogens with one attached hydrogen (secondary N) is 1. The van der Waals surface area contributed by atoms with E-state index in [1.165, 1.54) is 0 Å². The van der Waals surface area contributed by atoms with Crippen molar-refractivity contribution in [2.75, 3.05) is 20.3 Å². The molecule has 0 spiro atoms. The number of rotatable bonds is 6. The molecule has 2 rings (SSSR count). The van der Waals surface area contributed by atoms with E-state index in [1.54, 1.807) is 20.1 Å². The van der Waals surface area contributed by atoms with Crippen molar-refractivity contribution >= 4 is 0 Å². The van der Waals surface area contributed by atoms with Crippen LogP contribution in [-0.4, -0.2) is 25.3 Å². The molecule has 0 saturated heterocycles. The minimum Gasteiger partial charge on any atom is -0.494 e. The van der Waals surface area contributed by atoms with Crippen LogP contribution in [0.4, 0.5) is 0 Å². The van der Waals surface area contributed by atoms with Crippen LogP contribution in [0.2, 0.25) is 0 Å². The van der Waals surface area contributed by atoms with Crippen molar-refractivity contribution in [3.8, 4) is 22.9 Å². The molecule has 114 valence electrons. The Bertz CT molecular complexity index is 727. The number of aromatic amines is 1. The third-order valence-electron chi connectivity index (χ3n) is 3.21. The number of hydrogen-bond acceptors (Lipinski definition) is 4. The summed E-state index contributed by atoms with van der Waals surface area (Å²) in [5.41, 5.74) is 1.93. The topological polar surface area (TPSA) is 75.1 Å². The Hall–Kier alpha value is -2.58. The molecule has 2 aromatic rings. The Morgan fingerprint density at radius 1 is 1.23 bits per heavy atom. The quantitative estimate of drug-likeness (QED) is 0.832. The van der Waals surface area contributed by atoms with Crippen LogP contribution in [0.1, 0.15) is 17.7 Å². The number of methoxy groups -OCH3 is 1. The molecular weight excluding hydrogens is 280 g/mol. The molecule has 0 bridgehead atoms. The lowest BCUT2D eigenvalue weighted by atomic mass is 10.0. The van der Waals surface area contributed by atoms with Gasteiger partial charge in [0.25, 0.3) is 5.56 Å². The predicted molar refractivity (Wildman–Crippen MR) is 83.9 cm³/mol. The molecule has 0 aliphatic rings. The first-order chi connectivity index (χ1) is 10.7. The van der Waals surface area contributed by atoms with Gasteiger partial charge in [0.05, 0.1) is 6.61 Å². The number of aryl methyl sites for hydroxylation is 1. The van der Waals surface area contributed by atoms with E-state index in [9.17, 15) is 4.79 Å². The molecule has 0 aliphatic heterocycles. The highest BCUT2D eigenvalue weighted by Gasteiger charge is 2.10. The lowest BCUT2D eigenvalue weighted by molar-refractivity contribution is 0.172. The molecule has 0 amide bonds. The predicted octanol–water partition coefficient (Wildman–Crippen LogP) is 2.64. The molecule has 0 fully saturated rings. The summed E-state index contributed by atoms with van der Waals surface area (Å²) < 4.78 is 10.6. The van der Waals surface area contributed by atoms with E-state index in [0.29, 0.717) is 18.8 Å². The van der Waals surface area contributed by atoms with Gasteiger partial charge in [0.2, 0.25) is 0 Å². The third-order valence-corrected chi connectivity index (χ3v) is 3.21. The van der Waals surface area contributed by atoms with Gasteiger partial charge in [-0.3, -0.25) is 4.79 Å². The Balaban J connectivity index is 2.21. The van der Waals surface area contributed by atoms with Gasteiger partial charge in [0.15, 0.2) is 0 Å². The fraction of sp³-hybridized carbons (Fsp3) is 0.294. The van der Waals surface area contributed by atoms with Crippen LogP contribution in [0.25, 0.3) is 11.1 Å². The smallest absolute Gasteiger partial charge is 0.266 e. The average molecular weight is 298 g/mol. The normalized spacial score (nSPS) is 10.2. The SMILES string of the molecule is COCCCOc1ccc(-c2cc(C)[nH]c(=O)c2C#N)cc1. The Morgan fingerprint density at radius 2 is 1.95 bits per heavy atom. The van der Waals surface area contributed by atoms with E-state index in [1.807, 2.05) is 30.3 Å². The zero-order valence-electron chi connectivity index (χ0n) is 12.7. The molecule has 22 heavy (non-hydrogen) atoms. The molecule has 0 unspecified atom stereocenters. The maximum atomic E-state index is 11.8. The summed E-state index contributed by atoms with van der Waals surface area (Å²) in [7, 11) is 1.66. The molecule has 1 N–H and O–H groups in total. The van der Waals surface area contributed by atoms with Gasteiger partial charge in [-0.05, 0) is 30.7 Å². The van der Waals surface area contributed by atoms with Crippen LogP contribution in [0.15, 0.2) is 35.1 Å². The highest BCUT2D eigenvalue weighted by atomic mass is 16.5. The van der Waals surface area contributed by atoms with Crippen molar-refractivity contribution in [3.05, 3.63) is 51.9 Å². The Kier molecular flexibility index (Phi) is 5.34. The second-order valence-electron chi connectivity index (χ2n) is 4.90. The van der Waals surface area contributed by atoms with Crippen molar-refractivity contribution in [1.29, 1.82) is 5.26 Å².